The number of ether oxygens (including phenoxy) is 1. The van der Waals surface area contributed by atoms with Gasteiger partial charge in [0.05, 0.1) is 0 Å². The Labute approximate surface area is 143 Å². The number of piperidine rings is 1. The van der Waals surface area contributed by atoms with Crippen LogP contribution in [0.5, 0.6) is 0 Å². The Morgan fingerprint density at radius 1 is 1.04 bits per heavy atom. The molecule has 1 heterocycles. The zero-order valence-electron chi connectivity index (χ0n) is 13.8. The quantitative estimate of drug-likeness (QED) is 0.938. The predicted molar refractivity (Wildman–Crippen MR) is 94.5 cm³/mol. The minimum absolute atomic E-state index is 0.0967. The van der Waals surface area contributed by atoms with Crippen LogP contribution in [-0.2, 0) is 17.8 Å². The number of nitrogens with zero attached hydrogens (tertiary/aromatic N) is 1. The molecule has 2 atom stereocenters. The first-order chi connectivity index (χ1) is 11.7. The molecule has 0 radical (unpaired) electrons. The molecule has 1 saturated heterocycles. The third-order valence-electron chi connectivity index (χ3n) is 4.51. The summed E-state index contributed by atoms with van der Waals surface area (Å²) in [7, 11) is 0. The second-order valence-electron chi connectivity index (χ2n) is 6.36. The van der Waals surface area contributed by atoms with Crippen LogP contribution in [-0.4, -0.2) is 29.6 Å². The van der Waals surface area contributed by atoms with Crippen LogP contribution in [0.3, 0.4) is 0 Å². The third kappa shape index (κ3) is 4.36. The average molecular weight is 324 g/mol. The molecule has 1 aliphatic rings. The fraction of sp³-hybridized carbons (Fsp3) is 0.350. The lowest BCUT2D eigenvalue weighted by atomic mass is 9.93. The molecule has 4 nitrogen and oxygen atoms in total. The Balaban J connectivity index is 1.63. The molecule has 3 rings (SSSR count). The molecule has 1 fully saturated rings. The number of amides is 1. The number of hydrogen-bond donors (Lipinski definition) is 1. The summed E-state index contributed by atoms with van der Waals surface area (Å²) in [4.78, 5) is 14.4. The molecule has 24 heavy (non-hydrogen) atoms. The molecule has 2 unspecified atom stereocenters. The molecular formula is C20H24N2O2. The van der Waals surface area contributed by atoms with Gasteiger partial charge < -0.3 is 15.4 Å². The number of carbonyl (C=O) groups is 1. The summed E-state index contributed by atoms with van der Waals surface area (Å²) < 4.78 is 5.52. The van der Waals surface area contributed by atoms with Crippen LogP contribution in [0.4, 0.5) is 4.79 Å². The van der Waals surface area contributed by atoms with Crippen LogP contribution < -0.4 is 5.73 Å². The molecule has 0 saturated carbocycles. The van der Waals surface area contributed by atoms with Crippen molar-refractivity contribution in [3.05, 3.63) is 71.8 Å². The van der Waals surface area contributed by atoms with E-state index in [2.05, 4.69) is 12.1 Å². The minimum Gasteiger partial charge on any atom is -0.445 e. The average Bonchev–Trinajstić information content (AvgIpc) is 2.62. The standard InChI is InChI=1S/C20H24N2O2/c21-18-11-12-22(19(14-18)13-16-7-3-1-4-8-16)20(23)24-15-17-9-5-2-6-10-17/h1-10,18-19H,11-15,21H2. The van der Waals surface area contributed by atoms with E-state index in [-0.39, 0.29) is 18.2 Å². The van der Waals surface area contributed by atoms with E-state index in [1.165, 1.54) is 5.56 Å². The highest BCUT2D eigenvalue weighted by Gasteiger charge is 2.31. The van der Waals surface area contributed by atoms with E-state index in [1.807, 2.05) is 53.4 Å². The Morgan fingerprint density at radius 2 is 1.67 bits per heavy atom. The SMILES string of the molecule is NC1CCN(C(=O)OCc2ccccc2)C(Cc2ccccc2)C1. The van der Waals surface area contributed by atoms with Gasteiger partial charge in [-0.1, -0.05) is 60.7 Å². The monoisotopic (exact) mass is 324 g/mol. The van der Waals surface area contributed by atoms with Gasteiger partial charge in [-0.05, 0) is 30.4 Å². The predicted octanol–water partition coefficient (Wildman–Crippen LogP) is 3.36. The summed E-state index contributed by atoms with van der Waals surface area (Å²) in [6.45, 7) is 0.965. The van der Waals surface area contributed by atoms with Crippen molar-refractivity contribution < 1.29 is 9.53 Å². The summed E-state index contributed by atoms with van der Waals surface area (Å²) in [5, 5.41) is 0. The Bertz CT molecular complexity index is 645. The summed E-state index contributed by atoms with van der Waals surface area (Å²) in [5.41, 5.74) is 8.35. The summed E-state index contributed by atoms with van der Waals surface area (Å²) in [6.07, 6.45) is 2.21. The maximum Gasteiger partial charge on any atom is 0.410 e. The van der Waals surface area contributed by atoms with Crippen molar-refractivity contribution in [2.45, 2.75) is 38.0 Å². The van der Waals surface area contributed by atoms with Crippen molar-refractivity contribution in [3.8, 4) is 0 Å². The maximum atomic E-state index is 12.5. The molecule has 1 amide bonds. The van der Waals surface area contributed by atoms with Crippen molar-refractivity contribution in [1.82, 2.24) is 4.90 Å². The topological polar surface area (TPSA) is 55.6 Å². The molecule has 2 aromatic rings. The Hall–Kier alpha value is -2.33. The van der Waals surface area contributed by atoms with Gasteiger partial charge in [0.25, 0.3) is 0 Å². The first kappa shape index (κ1) is 16.5. The van der Waals surface area contributed by atoms with Gasteiger partial charge in [0.1, 0.15) is 6.61 Å². The molecular weight excluding hydrogens is 300 g/mol. The zero-order chi connectivity index (χ0) is 16.8. The van der Waals surface area contributed by atoms with E-state index in [9.17, 15) is 4.79 Å². The van der Waals surface area contributed by atoms with Crippen LogP contribution in [0.1, 0.15) is 24.0 Å². The zero-order valence-corrected chi connectivity index (χ0v) is 13.8. The fourth-order valence-corrected chi connectivity index (χ4v) is 3.20. The van der Waals surface area contributed by atoms with Gasteiger partial charge in [-0.25, -0.2) is 4.79 Å². The van der Waals surface area contributed by atoms with Crippen LogP contribution in [0.2, 0.25) is 0 Å². The molecule has 0 bridgehead atoms. The highest BCUT2D eigenvalue weighted by molar-refractivity contribution is 5.68. The lowest BCUT2D eigenvalue weighted by molar-refractivity contribution is 0.0648. The van der Waals surface area contributed by atoms with Gasteiger partial charge in [-0.15, -0.1) is 0 Å². The summed E-state index contributed by atoms with van der Waals surface area (Å²) >= 11 is 0. The smallest absolute Gasteiger partial charge is 0.410 e. The first-order valence-electron chi connectivity index (χ1n) is 8.49. The lowest BCUT2D eigenvalue weighted by Gasteiger charge is -2.37. The van der Waals surface area contributed by atoms with Gasteiger partial charge in [-0.3, -0.25) is 0 Å². The minimum atomic E-state index is -0.244. The molecule has 4 heteroatoms. The van der Waals surface area contributed by atoms with E-state index in [1.54, 1.807) is 0 Å². The van der Waals surface area contributed by atoms with E-state index in [4.69, 9.17) is 10.5 Å². The van der Waals surface area contributed by atoms with E-state index in [0.717, 1.165) is 24.8 Å². The second kappa shape index (κ2) is 7.97. The van der Waals surface area contributed by atoms with Crippen molar-refractivity contribution in [2.24, 2.45) is 5.73 Å². The number of likely N-dealkylation sites (tertiary alicyclic amines) is 1. The maximum absolute atomic E-state index is 12.5. The molecule has 0 aromatic heterocycles. The molecule has 126 valence electrons. The summed E-state index contributed by atoms with van der Waals surface area (Å²) in [6, 6.07) is 20.2. The largest absolute Gasteiger partial charge is 0.445 e. The van der Waals surface area contributed by atoms with Crippen molar-refractivity contribution in [2.75, 3.05) is 6.54 Å². The van der Waals surface area contributed by atoms with Crippen LogP contribution in [0.15, 0.2) is 60.7 Å². The Kier molecular flexibility index (Phi) is 5.49. The van der Waals surface area contributed by atoms with Crippen LogP contribution in [0.25, 0.3) is 0 Å². The highest BCUT2D eigenvalue weighted by Crippen LogP contribution is 2.21. The second-order valence-corrected chi connectivity index (χ2v) is 6.36. The van der Waals surface area contributed by atoms with Crippen LogP contribution in [0, 0.1) is 0 Å². The molecule has 1 aliphatic heterocycles. The number of carbonyl (C=O) groups excluding carboxylic acids is 1. The molecule has 0 aliphatic carbocycles. The fourth-order valence-electron chi connectivity index (χ4n) is 3.20. The van der Waals surface area contributed by atoms with Crippen molar-refractivity contribution >= 4 is 6.09 Å². The number of benzene rings is 2. The number of rotatable bonds is 4. The van der Waals surface area contributed by atoms with Crippen molar-refractivity contribution in [3.63, 3.8) is 0 Å². The highest BCUT2D eigenvalue weighted by atomic mass is 16.6. The molecule has 2 N–H and O–H groups in total. The van der Waals surface area contributed by atoms with Gasteiger partial charge in [0, 0.05) is 18.6 Å². The Morgan fingerprint density at radius 3 is 2.33 bits per heavy atom. The van der Waals surface area contributed by atoms with E-state index in [0.29, 0.717) is 13.2 Å². The van der Waals surface area contributed by atoms with Gasteiger partial charge in [-0.2, -0.15) is 0 Å². The van der Waals surface area contributed by atoms with Gasteiger partial charge >= 0.3 is 6.09 Å². The van der Waals surface area contributed by atoms with E-state index < -0.39 is 0 Å². The molecule has 2 aromatic carbocycles. The number of hydrogen-bond acceptors (Lipinski definition) is 3. The third-order valence-corrected chi connectivity index (χ3v) is 4.51. The summed E-state index contributed by atoms with van der Waals surface area (Å²) in [5.74, 6) is 0. The molecule has 0 spiro atoms. The van der Waals surface area contributed by atoms with E-state index >= 15 is 0 Å². The van der Waals surface area contributed by atoms with Crippen LogP contribution >= 0.6 is 0 Å². The van der Waals surface area contributed by atoms with Gasteiger partial charge in [0.15, 0.2) is 0 Å². The van der Waals surface area contributed by atoms with Gasteiger partial charge in [0.2, 0.25) is 0 Å². The lowest BCUT2D eigenvalue weighted by Crippen LogP contribution is -2.50. The first-order valence-corrected chi connectivity index (χ1v) is 8.49. The normalized spacial score (nSPS) is 20.6. The number of nitrogens with two attached hydrogens (primary N) is 1. The van der Waals surface area contributed by atoms with Crippen molar-refractivity contribution in [1.29, 1.82) is 0 Å².